The molecule has 2 heterocycles. The van der Waals surface area contributed by atoms with Gasteiger partial charge in [0, 0.05) is 21.9 Å². The number of alkyl halides is 1. The van der Waals surface area contributed by atoms with Crippen LogP contribution >= 0.6 is 34.2 Å². The Balaban J connectivity index is 2.14. The van der Waals surface area contributed by atoms with Crippen molar-refractivity contribution in [1.29, 1.82) is 0 Å². The summed E-state index contributed by atoms with van der Waals surface area (Å²) in [7, 11) is 0. The van der Waals surface area contributed by atoms with Gasteiger partial charge in [0.25, 0.3) is 5.91 Å². The van der Waals surface area contributed by atoms with Crippen LogP contribution < -0.4 is 0 Å². The zero-order valence-corrected chi connectivity index (χ0v) is 13.9. The lowest BCUT2D eigenvalue weighted by Crippen LogP contribution is -2.24. The highest BCUT2D eigenvalue weighted by Crippen LogP contribution is 2.23. The Morgan fingerprint density at radius 1 is 1.38 bits per heavy atom. The van der Waals surface area contributed by atoms with E-state index in [1.807, 2.05) is 47.5 Å². The monoisotopic (exact) mass is 411 g/mol. The van der Waals surface area contributed by atoms with E-state index >= 15 is 0 Å². The maximum Gasteiger partial charge on any atom is 0.262 e. The number of hydrogen-bond donors (Lipinski definition) is 0. The van der Waals surface area contributed by atoms with Gasteiger partial charge in [-0.3, -0.25) is 4.79 Å². The molecular formula is C15H11ClIN3O. The third-order valence-corrected chi connectivity index (χ3v) is 4.00. The predicted octanol–water partition coefficient (Wildman–Crippen LogP) is 3.26. The molecule has 1 amide bonds. The summed E-state index contributed by atoms with van der Waals surface area (Å²) >= 11 is 7.82. The van der Waals surface area contributed by atoms with Crippen LogP contribution in [0.5, 0.6) is 0 Å². The number of amides is 1. The first-order valence-corrected chi connectivity index (χ1v) is 7.95. The highest BCUT2D eigenvalue weighted by atomic mass is 127. The molecule has 106 valence electrons. The zero-order valence-electron chi connectivity index (χ0n) is 11.0. The summed E-state index contributed by atoms with van der Waals surface area (Å²) in [5.41, 5.74) is 1.95. The molecular weight excluding hydrogens is 401 g/mol. The number of aliphatic imine (C=N–C) groups is 2. The molecule has 0 bridgehead atoms. The molecule has 21 heavy (non-hydrogen) atoms. The number of hydrogen-bond acceptors (Lipinski definition) is 2. The van der Waals surface area contributed by atoms with Crippen molar-refractivity contribution in [3.05, 3.63) is 57.3 Å². The number of halogens is 2. The fourth-order valence-corrected chi connectivity index (χ4v) is 2.77. The summed E-state index contributed by atoms with van der Waals surface area (Å²) in [5.74, 6) is 0.661. The Bertz CT molecular complexity index is 721. The van der Waals surface area contributed by atoms with Gasteiger partial charge in [0.1, 0.15) is 11.7 Å². The molecule has 0 N–H and O–H groups in total. The SMILES string of the molecule is O=C(CCl)N=C1N=C2C=CC(I)=CN2Cc2ccccc21. The van der Waals surface area contributed by atoms with Crippen molar-refractivity contribution in [3.8, 4) is 0 Å². The summed E-state index contributed by atoms with van der Waals surface area (Å²) in [5, 5.41) is 0. The quantitative estimate of drug-likeness (QED) is 0.526. The number of carbonyl (C=O) groups excluding carboxylic acids is 1. The van der Waals surface area contributed by atoms with Crippen molar-refractivity contribution in [3.63, 3.8) is 0 Å². The van der Waals surface area contributed by atoms with E-state index in [1.165, 1.54) is 0 Å². The van der Waals surface area contributed by atoms with Crippen LogP contribution in [0.25, 0.3) is 0 Å². The first-order chi connectivity index (χ1) is 10.2. The third kappa shape index (κ3) is 3.08. The van der Waals surface area contributed by atoms with Gasteiger partial charge in [0.15, 0.2) is 5.84 Å². The molecule has 6 heteroatoms. The first kappa shape index (κ1) is 14.5. The Kier molecular flexibility index (Phi) is 4.21. The molecule has 0 saturated carbocycles. The van der Waals surface area contributed by atoms with Crippen LogP contribution in [-0.2, 0) is 11.3 Å². The number of carbonyl (C=O) groups is 1. The minimum atomic E-state index is -0.385. The second kappa shape index (κ2) is 6.11. The van der Waals surface area contributed by atoms with Crippen molar-refractivity contribution in [2.75, 3.05) is 5.88 Å². The highest BCUT2D eigenvalue weighted by molar-refractivity contribution is 14.1. The van der Waals surface area contributed by atoms with Crippen molar-refractivity contribution in [2.45, 2.75) is 6.54 Å². The Morgan fingerprint density at radius 3 is 3.00 bits per heavy atom. The largest absolute Gasteiger partial charge is 0.327 e. The van der Waals surface area contributed by atoms with Gasteiger partial charge in [-0.1, -0.05) is 24.3 Å². The summed E-state index contributed by atoms with van der Waals surface area (Å²) in [6.45, 7) is 0.694. The van der Waals surface area contributed by atoms with E-state index in [-0.39, 0.29) is 11.8 Å². The molecule has 0 radical (unpaired) electrons. The van der Waals surface area contributed by atoms with Crippen molar-refractivity contribution in [1.82, 2.24) is 4.90 Å². The normalized spacial score (nSPS) is 18.6. The summed E-state index contributed by atoms with van der Waals surface area (Å²) < 4.78 is 1.13. The number of rotatable bonds is 1. The van der Waals surface area contributed by atoms with Gasteiger partial charge in [-0.15, -0.1) is 11.6 Å². The van der Waals surface area contributed by atoms with Crippen molar-refractivity contribution >= 4 is 51.8 Å². The van der Waals surface area contributed by atoms with Gasteiger partial charge < -0.3 is 4.90 Å². The second-order valence-corrected chi connectivity index (χ2v) is 6.08. The van der Waals surface area contributed by atoms with E-state index in [0.29, 0.717) is 12.4 Å². The van der Waals surface area contributed by atoms with E-state index in [0.717, 1.165) is 20.5 Å². The maximum atomic E-state index is 11.6. The fraction of sp³-hybridized carbons (Fsp3) is 0.133. The van der Waals surface area contributed by atoms with E-state index in [1.54, 1.807) is 0 Å². The fourth-order valence-electron chi connectivity index (χ4n) is 2.20. The number of amidine groups is 2. The lowest BCUT2D eigenvalue weighted by molar-refractivity contribution is -0.115. The number of allylic oxidation sites excluding steroid dienone is 2. The van der Waals surface area contributed by atoms with Crippen LogP contribution in [0.2, 0.25) is 0 Å². The molecule has 0 atom stereocenters. The summed E-state index contributed by atoms with van der Waals surface area (Å²) in [4.78, 5) is 22.2. The molecule has 0 aliphatic carbocycles. The molecule has 0 saturated heterocycles. The standard InChI is InChI=1S/C15H11ClIN3O/c16-7-14(21)19-15-12-4-2-1-3-10(12)8-20-9-11(17)5-6-13(20)18-15/h1-6,9H,7-8H2. The Labute approximate surface area is 141 Å². The van der Waals surface area contributed by atoms with E-state index in [4.69, 9.17) is 11.6 Å². The molecule has 0 fully saturated rings. The summed E-state index contributed by atoms with van der Waals surface area (Å²) in [6.07, 6.45) is 5.93. The van der Waals surface area contributed by atoms with Crippen molar-refractivity contribution < 1.29 is 4.79 Å². The molecule has 4 nitrogen and oxygen atoms in total. The number of fused-ring (bicyclic) bond motifs is 2. The van der Waals surface area contributed by atoms with Crippen LogP contribution in [0.1, 0.15) is 11.1 Å². The third-order valence-electron chi connectivity index (χ3n) is 3.13. The van der Waals surface area contributed by atoms with Gasteiger partial charge in [0.2, 0.25) is 0 Å². The lowest BCUT2D eigenvalue weighted by Gasteiger charge is -2.21. The van der Waals surface area contributed by atoms with Crippen molar-refractivity contribution in [2.24, 2.45) is 9.98 Å². The Hall–Kier alpha value is -1.47. The first-order valence-electron chi connectivity index (χ1n) is 6.34. The smallest absolute Gasteiger partial charge is 0.262 e. The van der Waals surface area contributed by atoms with Gasteiger partial charge in [-0.05, 0) is 40.3 Å². The zero-order chi connectivity index (χ0) is 14.8. The van der Waals surface area contributed by atoms with Crippen LogP contribution in [0.4, 0.5) is 0 Å². The van der Waals surface area contributed by atoms with Crippen LogP contribution in [-0.4, -0.2) is 28.4 Å². The van der Waals surface area contributed by atoms with Crippen LogP contribution in [0.3, 0.4) is 0 Å². The maximum absolute atomic E-state index is 11.6. The highest BCUT2D eigenvalue weighted by Gasteiger charge is 2.21. The minimum Gasteiger partial charge on any atom is -0.327 e. The van der Waals surface area contributed by atoms with E-state index < -0.39 is 0 Å². The molecule has 3 rings (SSSR count). The van der Waals surface area contributed by atoms with E-state index in [2.05, 4.69) is 32.6 Å². The molecule has 0 unspecified atom stereocenters. The summed E-state index contributed by atoms with van der Waals surface area (Å²) in [6, 6.07) is 7.84. The Morgan fingerprint density at radius 2 is 2.19 bits per heavy atom. The molecule has 2 aliphatic rings. The van der Waals surface area contributed by atoms with Gasteiger partial charge >= 0.3 is 0 Å². The van der Waals surface area contributed by atoms with Crippen LogP contribution in [0, 0.1) is 0 Å². The molecule has 0 spiro atoms. The predicted molar refractivity (Wildman–Crippen MR) is 92.9 cm³/mol. The van der Waals surface area contributed by atoms with Gasteiger partial charge in [-0.25, -0.2) is 4.99 Å². The molecule has 0 aromatic heterocycles. The van der Waals surface area contributed by atoms with Gasteiger partial charge in [-0.2, -0.15) is 4.99 Å². The molecule has 1 aromatic carbocycles. The lowest BCUT2D eigenvalue weighted by atomic mass is 10.1. The topological polar surface area (TPSA) is 45.0 Å². The second-order valence-electron chi connectivity index (χ2n) is 4.57. The average Bonchev–Trinajstić information content (AvgIpc) is 2.63. The number of benzene rings is 1. The van der Waals surface area contributed by atoms with Gasteiger partial charge in [0.05, 0.1) is 0 Å². The molecule has 1 aromatic rings. The molecule has 2 aliphatic heterocycles. The average molecular weight is 412 g/mol. The minimum absolute atomic E-state index is 0.145. The number of nitrogens with zero attached hydrogens (tertiary/aromatic N) is 3. The van der Waals surface area contributed by atoms with E-state index in [9.17, 15) is 4.79 Å². The van der Waals surface area contributed by atoms with Crippen LogP contribution in [0.15, 0.2) is 56.2 Å².